The lowest BCUT2D eigenvalue weighted by Gasteiger charge is -2.15. The Bertz CT molecular complexity index is 2080. The fraction of sp³-hybridized carbons (Fsp3) is 0.237. The van der Waals surface area contributed by atoms with Crippen LogP contribution >= 0.6 is 0 Å². The quantitative estimate of drug-likeness (QED) is 0.145. The zero-order valence-corrected chi connectivity index (χ0v) is 28.1. The molecule has 0 radical (unpaired) electrons. The number of nitrogens with zero attached hydrogens (tertiary/aromatic N) is 5. The number of aromatic nitrogens is 5. The minimum atomic E-state index is -0.372. The minimum Gasteiger partial charge on any atom is -0.488 e. The Hall–Kier alpha value is -5.77. The molecule has 48 heavy (non-hydrogen) atoms. The molecule has 3 N–H and O–H groups in total. The van der Waals surface area contributed by atoms with Gasteiger partial charge in [-0.3, -0.25) is 10.3 Å². The number of ether oxygens (including phenoxy) is 1. The molecule has 0 aliphatic rings. The number of hydrogen-bond donors (Lipinski definition) is 3. The topological polar surface area (TPSA) is 119 Å². The first kappa shape index (κ1) is 32.2. The third kappa shape index (κ3) is 7.28. The molecule has 6 rings (SSSR count). The van der Waals surface area contributed by atoms with E-state index in [0.29, 0.717) is 35.5 Å². The molecule has 244 valence electrons. The van der Waals surface area contributed by atoms with Gasteiger partial charge in [0.05, 0.1) is 34.7 Å². The van der Waals surface area contributed by atoms with Gasteiger partial charge in [0, 0.05) is 28.5 Å². The van der Waals surface area contributed by atoms with E-state index in [0.717, 1.165) is 51.1 Å². The molecule has 6 aromatic rings. The van der Waals surface area contributed by atoms with Crippen LogP contribution in [0.2, 0.25) is 0 Å². The molecular weight excluding hydrogens is 600 g/mol. The molecule has 0 unspecified atom stereocenters. The van der Waals surface area contributed by atoms with Crippen LogP contribution in [0.1, 0.15) is 55.9 Å². The van der Waals surface area contributed by atoms with Crippen molar-refractivity contribution in [3.8, 4) is 11.4 Å². The van der Waals surface area contributed by atoms with Gasteiger partial charge in [-0.15, -0.1) is 0 Å². The molecule has 0 aliphatic carbocycles. The SMILES string of the molecule is CCc1nc(Nc2cc(COc3ccc(NC(=O)Nc4cc(C(C)(C)C)nn4-c4ccc(C)cc4)c4ccccc34)ccn2)cnc1C. The molecule has 10 heteroatoms. The highest BCUT2D eigenvalue weighted by Crippen LogP contribution is 2.33. The van der Waals surface area contributed by atoms with E-state index in [1.54, 1.807) is 17.1 Å². The van der Waals surface area contributed by atoms with Crippen molar-refractivity contribution in [3.05, 3.63) is 119 Å². The number of nitrogens with one attached hydrogen (secondary N) is 3. The van der Waals surface area contributed by atoms with E-state index in [9.17, 15) is 4.79 Å². The molecule has 0 saturated carbocycles. The van der Waals surface area contributed by atoms with E-state index in [1.165, 1.54) is 0 Å². The lowest BCUT2D eigenvalue weighted by atomic mass is 9.92. The number of benzene rings is 3. The van der Waals surface area contributed by atoms with E-state index >= 15 is 0 Å². The second kappa shape index (κ2) is 13.5. The third-order valence-electron chi connectivity index (χ3n) is 7.99. The molecule has 2 amide bonds. The van der Waals surface area contributed by atoms with Gasteiger partial charge in [0.1, 0.15) is 29.8 Å². The second-order valence-electron chi connectivity index (χ2n) is 12.8. The summed E-state index contributed by atoms with van der Waals surface area (Å²) in [5, 5.41) is 15.9. The number of aryl methyl sites for hydroxylation is 3. The fourth-order valence-corrected chi connectivity index (χ4v) is 5.30. The lowest BCUT2D eigenvalue weighted by Crippen LogP contribution is -2.21. The maximum Gasteiger partial charge on any atom is 0.324 e. The predicted molar refractivity (Wildman–Crippen MR) is 192 cm³/mol. The number of hydrogen-bond acceptors (Lipinski definition) is 7. The number of pyridine rings is 1. The van der Waals surface area contributed by atoms with Crippen molar-refractivity contribution in [1.82, 2.24) is 24.7 Å². The third-order valence-corrected chi connectivity index (χ3v) is 7.99. The molecule has 10 nitrogen and oxygen atoms in total. The van der Waals surface area contributed by atoms with Gasteiger partial charge in [0.2, 0.25) is 0 Å². The van der Waals surface area contributed by atoms with E-state index in [1.807, 2.05) is 92.7 Å². The zero-order valence-electron chi connectivity index (χ0n) is 28.1. The Morgan fingerprint density at radius 3 is 2.40 bits per heavy atom. The van der Waals surface area contributed by atoms with E-state index in [2.05, 4.69) is 58.6 Å². The summed E-state index contributed by atoms with van der Waals surface area (Å²) in [5.41, 5.74) is 6.16. The van der Waals surface area contributed by atoms with Crippen LogP contribution in [0.15, 0.2) is 91.3 Å². The number of carbonyl (C=O) groups excluding carboxylic acids is 1. The summed E-state index contributed by atoms with van der Waals surface area (Å²) in [7, 11) is 0. The Morgan fingerprint density at radius 2 is 1.65 bits per heavy atom. The predicted octanol–water partition coefficient (Wildman–Crippen LogP) is 8.65. The summed E-state index contributed by atoms with van der Waals surface area (Å²) < 4.78 is 8.07. The second-order valence-corrected chi connectivity index (χ2v) is 12.8. The fourth-order valence-electron chi connectivity index (χ4n) is 5.30. The first-order valence-electron chi connectivity index (χ1n) is 16.0. The van der Waals surface area contributed by atoms with Crippen molar-refractivity contribution in [3.63, 3.8) is 0 Å². The highest BCUT2D eigenvalue weighted by atomic mass is 16.5. The van der Waals surface area contributed by atoms with Gasteiger partial charge in [0.15, 0.2) is 0 Å². The highest BCUT2D eigenvalue weighted by molar-refractivity contribution is 6.07. The molecule has 3 heterocycles. The molecule has 0 fully saturated rings. The van der Waals surface area contributed by atoms with Crippen LogP contribution in [-0.2, 0) is 18.4 Å². The molecule has 0 saturated heterocycles. The smallest absolute Gasteiger partial charge is 0.324 e. The van der Waals surface area contributed by atoms with E-state index < -0.39 is 0 Å². The first-order chi connectivity index (χ1) is 23.1. The maximum atomic E-state index is 13.4. The number of urea groups is 1. The molecule has 0 aliphatic heterocycles. The van der Waals surface area contributed by atoms with Crippen molar-refractivity contribution in [2.24, 2.45) is 0 Å². The van der Waals surface area contributed by atoms with Crippen LogP contribution in [0.3, 0.4) is 0 Å². The maximum absolute atomic E-state index is 13.4. The number of rotatable bonds is 9. The van der Waals surface area contributed by atoms with E-state index in [-0.39, 0.29) is 11.4 Å². The van der Waals surface area contributed by atoms with Gasteiger partial charge >= 0.3 is 6.03 Å². The van der Waals surface area contributed by atoms with Crippen molar-refractivity contribution in [2.45, 2.75) is 60.0 Å². The minimum absolute atomic E-state index is 0.197. The number of carbonyl (C=O) groups is 1. The Kier molecular flexibility index (Phi) is 9.07. The summed E-state index contributed by atoms with van der Waals surface area (Å²) in [4.78, 5) is 26.9. The summed E-state index contributed by atoms with van der Waals surface area (Å²) in [6, 6.07) is 25.0. The van der Waals surface area contributed by atoms with Gasteiger partial charge in [-0.25, -0.2) is 19.4 Å². The van der Waals surface area contributed by atoms with Crippen molar-refractivity contribution in [1.29, 1.82) is 0 Å². The monoisotopic (exact) mass is 640 g/mol. The lowest BCUT2D eigenvalue weighted by molar-refractivity contribution is 0.262. The molecule has 3 aromatic heterocycles. The number of anilines is 4. The largest absolute Gasteiger partial charge is 0.488 e. The molecule has 0 atom stereocenters. The standard InChI is InChI=1S/C38H40N8O2/c1-7-30-25(3)40-22-35(41-30)43-34-20-26(18-19-39-34)23-48-32-17-16-31(28-10-8-9-11-29(28)32)42-37(47)44-36-21-33(38(4,5)6)45-46(36)27-14-12-24(2)13-15-27/h8-22H,7,23H2,1-6H3,(H,39,41,43)(H2,42,44,47). The van der Waals surface area contributed by atoms with Crippen molar-refractivity contribution < 1.29 is 9.53 Å². The van der Waals surface area contributed by atoms with E-state index in [4.69, 9.17) is 9.84 Å². The van der Waals surface area contributed by atoms with Gasteiger partial charge in [-0.05, 0) is 62.2 Å². The molecular formula is C38H40N8O2. The highest BCUT2D eigenvalue weighted by Gasteiger charge is 2.22. The number of fused-ring (bicyclic) bond motifs is 1. The normalized spacial score (nSPS) is 11.4. The first-order valence-corrected chi connectivity index (χ1v) is 16.0. The van der Waals surface area contributed by atoms with Crippen molar-refractivity contribution >= 4 is 39.9 Å². The van der Waals surface area contributed by atoms with Gasteiger partial charge in [-0.2, -0.15) is 5.10 Å². The Balaban J connectivity index is 1.18. The molecule has 0 spiro atoms. The van der Waals surface area contributed by atoms with Crippen molar-refractivity contribution in [2.75, 3.05) is 16.0 Å². The van der Waals surface area contributed by atoms with Crippen LogP contribution in [0.5, 0.6) is 5.75 Å². The van der Waals surface area contributed by atoms with Crippen LogP contribution < -0.4 is 20.7 Å². The van der Waals surface area contributed by atoms with Crippen LogP contribution in [0, 0.1) is 13.8 Å². The van der Waals surface area contributed by atoms with Crippen LogP contribution in [-0.4, -0.2) is 30.8 Å². The molecule has 3 aromatic carbocycles. The van der Waals surface area contributed by atoms with Gasteiger partial charge < -0.3 is 15.4 Å². The van der Waals surface area contributed by atoms with Gasteiger partial charge in [-0.1, -0.05) is 69.7 Å². The Labute approximate surface area is 280 Å². The average molecular weight is 641 g/mol. The summed E-state index contributed by atoms with van der Waals surface area (Å²) in [6.45, 7) is 12.7. The van der Waals surface area contributed by atoms with Gasteiger partial charge in [0.25, 0.3) is 0 Å². The average Bonchev–Trinajstić information content (AvgIpc) is 3.50. The van der Waals surface area contributed by atoms with Crippen LogP contribution in [0.25, 0.3) is 16.5 Å². The summed E-state index contributed by atoms with van der Waals surface area (Å²) >= 11 is 0. The molecule has 0 bridgehead atoms. The summed E-state index contributed by atoms with van der Waals surface area (Å²) in [5.74, 6) is 2.59. The van der Waals surface area contributed by atoms with Crippen LogP contribution in [0.4, 0.5) is 27.9 Å². The Morgan fingerprint density at radius 1 is 0.875 bits per heavy atom. The zero-order chi connectivity index (χ0) is 33.8. The summed E-state index contributed by atoms with van der Waals surface area (Å²) in [6.07, 6.45) is 4.26. The number of amides is 2.